The third kappa shape index (κ3) is 5.90. The van der Waals surface area contributed by atoms with Crippen LogP contribution in [0.3, 0.4) is 0 Å². The van der Waals surface area contributed by atoms with E-state index in [0.29, 0.717) is 40.7 Å². The molecule has 7 heteroatoms. The van der Waals surface area contributed by atoms with Crippen molar-refractivity contribution in [1.29, 1.82) is 0 Å². The Kier molecular flexibility index (Phi) is 7.22. The Hall–Kier alpha value is -3.84. The molecule has 1 aliphatic rings. The summed E-state index contributed by atoms with van der Waals surface area (Å²) in [4.78, 5) is 24.9. The summed E-state index contributed by atoms with van der Waals surface area (Å²) < 4.78 is 21.9. The van der Waals surface area contributed by atoms with Crippen molar-refractivity contribution >= 4 is 17.6 Å². The van der Waals surface area contributed by atoms with Crippen LogP contribution in [0.4, 0.5) is 5.69 Å². The van der Waals surface area contributed by atoms with Gasteiger partial charge in [0.2, 0.25) is 0 Å². The van der Waals surface area contributed by atoms with E-state index in [2.05, 4.69) is 5.32 Å². The molecule has 1 fully saturated rings. The lowest BCUT2D eigenvalue weighted by Crippen LogP contribution is -2.16. The van der Waals surface area contributed by atoms with Crippen molar-refractivity contribution in [2.45, 2.75) is 18.9 Å². The molecule has 0 aromatic heterocycles. The third-order valence-electron chi connectivity index (χ3n) is 5.22. The van der Waals surface area contributed by atoms with Crippen molar-refractivity contribution in [2.75, 3.05) is 25.6 Å². The minimum Gasteiger partial charge on any atom is -0.496 e. The first-order valence-electron chi connectivity index (χ1n) is 10.7. The van der Waals surface area contributed by atoms with Gasteiger partial charge in [-0.05, 0) is 73.5 Å². The molecule has 3 aromatic carbocycles. The monoisotopic (exact) mass is 447 g/mol. The number of hydrogen-bond donors (Lipinski definition) is 1. The first-order chi connectivity index (χ1) is 16.1. The van der Waals surface area contributed by atoms with Gasteiger partial charge in [-0.3, -0.25) is 4.79 Å². The van der Waals surface area contributed by atoms with E-state index in [4.69, 9.17) is 18.9 Å². The Balaban J connectivity index is 1.31. The van der Waals surface area contributed by atoms with Crippen LogP contribution in [-0.4, -0.2) is 38.3 Å². The third-order valence-corrected chi connectivity index (χ3v) is 5.22. The van der Waals surface area contributed by atoms with E-state index in [1.807, 2.05) is 0 Å². The molecule has 4 rings (SSSR count). The summed E-state index contributed by atoms with van der Waals surface area (Å²) >= 11 is 0. The smallest absolute Gasteiger partial charge is 0.343 e. The van der Waals surface area contributed by atoms with Crippen molar-refractivity contribution in [1.82, 2.24) is 0 Å². The molecule has 1 saturated heterocycles. The molecule has 0 saturated carbocycles. The van der Waals surface area contributed by atoms with Gasteiger partial charge in [-0.2, -0.15) is 0 Å². The van der Waals surface area contributed by atoms with Crippen LogP contribution >= 0.6 is 0 Å². The lowest BCUT2D eigenvalue weighted by molar-refractivity contribution is 0.0678. The summed E-state index contributed by atoms with van der Waals surface area (Å²) in [6, 6.07) is 20.3. The maximum atomic E-state index is 12.5. The summed E-state index contributed by atoms with van der Waals surface area (Å²) in [5.41, 5.74) is 1.41. The Morgan fingerprint density at radius 2 is 1.70 bits per heavy atom. The Morgan fingerprint density at radius 3 is 2.39 bits per heavy atom. The van der Waals surface area contributed by atoms with Crippen LogP contribution in [0, 0.1) is 0 Å². The van der Waals surface area contributed by atoms with Gasteiger partial charge in [-0.25, -0.2) is 4.79 Å². The fourth-order valence-electron chi connectivity index (χ4n) is 3.46. The summed E-state index contributed by atoms with van der Waals surface area (Å²) in [6.45, 7) is 1.29. The average molecular weight is 447 g/mol. The predicted molar refractivity (Wildman–Crippen MR) is 123 cm³/mol. The largest absolute Gasteiger partial charge is 0.496 e. The van der Waals surface area contributed by atoms with Crippen LogP contribution in [0.2, 0.25) is 0 Å². The first kappa shape index (κ1) is 22.4. The Morgan fingerprint density at radius 1 is 0.970 bits per heavy atom. The molecule has 33 heavy (non-hydrogen) atoms. The zero-order valence-electron chi connectivity index (χ0n) is 18.3. The van der Waals surface area contributed by atoms with E-state index < -0.39 is 5.97 Å². The molecule has 0 bridgehead atoms. The minimum atomic E-state index is -0.480. The van der Waals surface area contributed by atoms with E-state index >= 15 is 0 Å². The number of anilines is 1. The van der Waals surface area contributed by atoms with Gasteiger partial charge in [0.1, 0.15) is 23.9 Å². The van der Waals surface area contributed by atoms with Crippen molar-refractivity contribution < 1.29 is 28.5 Å². The highest BCUT2D eigenvalue weighted by atomic mass is 16.5. The van der Waals surface area contributed by atoms with Crippen LogP contribution in [-0.2, 0) is 4.74 Å². The molecular weight excluding hydrogens is 422 g/mol. The number of nitrogens with one attached hydrogen (secondary N) is 1. The topological polar surface area (TPSA) is 83.1 Å². The highest BCUT2D eigenvalue weighted by Gasteiger charge is 2.16. The molecule has 7 nitrogen and oxygen atoms in total. The SMILES string of the molecule is COc1ccccc1C(=O)Nc1ccc(OC(=O)c2ccc(OC[C@@H]3CCCO3)cc2)cc1. The van der Waals surface area contributed by atoms with Crippen molar-refractivity contribution in [2.24, 2.45) is 0 Å². The number of methoxy groups -OCH3 is 1. The van der Waals surface area contributed by atoms with Crippen LogP contribution in [0.15, 0.2) is 72.8 Å². The standard InChI is InChI=1S/C26H25NO6/c1-30-24-7-3-2-6-23(24)25(28)27-19-10-14-21(15-11-19)33-26(29)18-8-12-20(13-9-18)32-17-22-5-4-16-31-22/h2-3,6-15,22H,4-5,16-17H2,1H3,(H,27,28)/t22-/m0/s1. The number of para-hydroxylation sites is 1. The fraction of sp³-hybridized carbons (Fsp3) is 0.231. The summed E-state index contributed by atoms with van der Waals surface area (Å²) in [5, 5.41) is 2.80. The molecular formula is C26H25NO6. The van der Waals surface area contributed by atoms with Gasteiger partial charge >= 0.3 is 5.97 Å². The van der Waals surface area contributed by atoms with Gasteiger partial charge in [-0.1, -0.05) is 12.1 Å². The number of benzene rings is 3. The second-order valence-corrected chi connectivity index (χ2v) is 7.54. The van der Waals surface area contributed by atoms with Crippen molar-refractivity contribution in [3.63, 3.8) is 0 Å². The second kappa shape index (κ2) is 10.7. The van der Waals surface area contributed by atoms with Gasteiger partial charge in [0.05, 0.1) is 24.3 Å². The molecule has 0 spiro atoms. The summed E-state index contributed by atoms with van der Waals surface area (Å²) in [5.74, 6) is 0.764. The second-order valence-electron chi connectivity index (χ2n) is 7.54. The quantitative estimate of drug-likeness (QED) is 0.397. The molecule has 0 unspecified atom stereocenters. The van der Waals surface area contributed by atoms with Gasteiger partial charge in [0.25, 0.3) is 5.91 Å². The normalized spacial score (nSPS) is 15.0. The van der Waals surface area contributed by atoms with E-state index in [0.717, 1.165) is 19.4 Å². The molecule has 1 aliphatic heterocycles. The number of amides is 1. The first-order valence-corrected chi connectivity index (χ1v) is 10.7. The van der Waals surface area contributed by atoms with Crippen LogP contribution in [0.1, 0.15) is 33.6 Å². The summed E-state index contributed by atoms with van der Waals surface area (Å²) in [6.07, 6.45) is 2.21. The van der Waals surface area contributed by atoms with E-state index in [9.17, 15) is 9.59 Å². The highest BCUT2D eigenvalue weighted by molar-refractivity contribution is 6.06. The zero-order valence-corrected chi connectivity index (χ0v) is 18.3. The Labute approximate surface area is 192 Å². The lowest BCUT2D eigenvalue weighted by Gasteiger charge is -2.12. The van der Waals surface area contributed by atoms with Gasteiger partial charge in [-0.15, -0.1) is 0 Å². The maximum Gasteiger partial charge on any atom is 0.343 e. The molecule has 3 aromatic rings. The summed E-state index contributed by atoms with van der Waals surface area (Å²) in [7, 11) is 1.52. The van der Waals surface area contributed by atoms with E-state index in [1.165, 1.54) is 7.11 Å². The van der Waals surface area contributed by atoms with E-state index in [1.54, 1.807) is 72.8 Å². The molecule has 1 heterocycles. The Bertz CT molecular complexity index is 1090. The number of rotatable bonds is 8. The zero-order chi connectivity index (χ0) is 23.0. The number of carbonyl (C=O) groups is 2. The van der Waals surface area contributed by atoms with Crippen LogP contribution in [0.25, 0.3) is 0 Å². The minimum absolute atomic E-state index is 0.136. The molecule has 1 amide bonds. The van der Waals surface area contributed by atoms with Gasteiger partial charge < -0.3 is 24.3 Å². The maximum absolute atomic E-state index is 12.5. The average Bonchev–Trinajstić information content (AvgIpc) is 3.38. The molecule has 1 N–H and O–H groups in total. The lowest BCUT2D eigenvalue weighted by atomic mass is 10.2. The number of ether oxygens (including phenoxy) is 4. The van der Waals surface area contributed by atoms with E-state index in [-0.39, 0.29) is 12.0 Å². The number of carbonyl (C=O) groups excluding carboxylic acids is 2. The predicted octanol–water partition coefficient (Wildman–Crippen LogP) is 4.72. The van der Waals surface area contributed by atoms with Crippen LogP contribution < -0.4 is 19.5 Å². The van der Waals surface area contributed by atoms with Crippen LogP contribution in [0.5, 0.6) is 17.2 Å². The van der Waals surface area contributed by atoms with Crippen molar-refractivity contribution in [3.8, 4) is 17.2 Å². The molecule has 0 radical (unpaired) electrons. The van der Waals surface area contributed by atoms with Crippen molar-refractivity contribution in [3.05, 3.63) is 83.9 Å². The molecule has 170 valence electrons. The number of esters is 1. The molecule has 0 aliphatic carbocycles. The van der Waals surface area contributed by atoms with Gasteiger partial charge in [0, 0.05) is 12.3 Å². The fourth-order valence-corrected chi connectivity index (χ4v) is 3.46. The van der Waals surface area contributed by atoms with Gasteiger partial charge in [0.15, 0.2) is 0 Å². The molecule has 1 atom stereocenters. The number of hydrogen-bond acceptors (Lipinski definition) is 6. The highest BCUT2D eigenvalue weighted by Crippen LogP contribution is 2.22.